The van der Waals surface area contributed by atoms with Crippen molar-refractivity contribution in [3.63, 3.8) is 0 Å². The third-order valence-corrected chi connectivity index (χ3v) is 5.18. The van der Waals surface area contributed by atoms with Crippen LogP contribution >= 0.6 is 12.4 Å². The molecule has 0 spiro atoms. The summed E-state index contributed by atoms with van der Waals surface area (Å²) in [5, 5.41) is 3.16. The number of carbonyl (C=O) groups is 1. The van der Waals surface area contributed by atoms with Crippen molar-refractivity contribution in [2.45, 2.75) is 18.9 Å². The minimum absolute atomic E-state index is 0. The molecule has 2 aromatic rings. The number of nitrogens with zero attached hydrogens (tertiary/aromatic N) is 1. The molecule has 5 rings (SSSR count). The van der Waals surface area contributed by atoms with Crippen LogP contribution in [0.5, 0.6) is 5.75 Å². The summed E-state index contributed by atoms with van der Waals surface area (Å²) in [7, 11) is 1.64. The van der Waals surface area contributed by atoms with Gasteiger partial charge in [-0.1, -0.05) is 0 Å². The molecule has 3 saturated heterocycles. The van der Waals surface area contributed by atoms with Crippen molar-refractivity contribution >= 4 is 18.3 Å². The topological polar surface area (TPSA) is 54.7 Å². The number of methoxy groups -OCH3 is 1. The quantitative estimate of drug-likeness (QED) is 0.907. The lowest BCUT2D eigenvalue weighted by atomic mass is 9.84. The number of fused-ring (bicyclic) bond motifs is 3. The summed E-state index contributed by atoms with van der Waals surface area (Å²) in [5.74, 6) is 2.35. The second-order valence-corrected chi connectivity index (χ2v) is 6.61. The van der Waals surface area contributed by atoms with Gasteiger partial charge in [0.1, 0.15) is 11.5 Å². The number of benzene rings is 1. The summed E-state index contributed by atoms with van der Waals surface area (Å²) in [6, 6.07) is 11.4. The summed E-state index contributed by atoms with van der Waals surface area (Å²) in [6.45, 7) is 3.29. The molecule has 1 amide bonds. The van der Waals surface area contributed by atoms with Gasteiger partial charge in [0.25, 0.3) is 5.91 Å². The van der Waals surface area contributed by atoms with Crippen molar-refractivity contribution < 1.29 is 13.9 Å². The summed E-state index contributed by atoms with van der Waals surface area (Å²) in [6.07, 6.45) is 2.36. The molecular weight excluding hydrogens is 340 g/mol. The van der Waals surface area contributed by atoms with Gasteiger partial charge < -0.3 is 19.4 Å². The van der Waals surface area contributed by atoms with Gasteiger partial charge in [-0.3, -0.25) is 4.79 Å². The van der Waals surface area contributed by atoms with Gasteiger partial charge in [-0.2, -0.15) is 0 Å². The van der Waals surface area contributed by atoms with Crippen LogP contribution in [0.15, 0.2) is 40.8 Å². The number of piperidine rings is 3. The molecule has 0 unspecified atom stereocenters. The molecule has 4 heterocycles. The van der Waals surface area contributed by atoms with Crippen LogP contribution in [-0.4, -0.2) is 43.6 Å². The molecule has 0 aliphatic carbocycles. The van der Waals surface area contributed by atoms with Crippen LogP contribution in [0, 0.1) is 5.92 Å². The lowest BCUT2D eigenvalue weighted by Crippen LogP contribution is -2.57. The van der Waals surface area contributed by atoms with Crippen molar-refractivity contribution in [3.8, 4) is 17.1 Å². The van der Waals surface area contributed by atoms with Gasteiger partial charge >= 0.3 is 0 Å². The summed E-state index contributed by atoms with van der Waals surface area (Å²) in [4.78, 5) is 14.9. The van der Waals surface area contributed by atoms with E-state index in [0.717, 1.165) is 17.9 Å². The lowest BCUT2D eigenvalue weighted by molar-refractivity contribution is 0.0606. The number of nitrogens with one attached hydrogen (secondary N) is 1. The van der Waals surface area contributed by atoms with Gasteiger partial charge in [0, 0.05) is 18.2 Å². The van der Waals surface area contributed by atoms with E-state index in [-0.39, 0.29) is 24.4 Å². The molecule has 2 bridgehead atoms. The minimum atomic E-state index is -0.117. The van der Waals surface area contributed by atoms with Crippen LogP contribution < -0.4 is 10.1 Å². The highest BCUT2D eigenvalue weighted by atomic mass is 35.5. The Bertz CT molecular complexity index is 721. The molecule has 5 nitrogen and oxygen atoms in total. The maximum atomic E-state index is 12.5. The smallest absolute Gasteiger partial charge is 0.287 e. The predicted molar refractivity (Wildman–Crippen MR) is 98.4 cm³/mol. The molecule has 0 saturated carbocycles. The van der Waals surface area contributed by atoms with Crippen molar-refractivity contribution in [1.82, 2.24) is 10.2 Å². The maximum Gasteiger partial charge on any atom is 0.287 e. The van der Waals surface area contributed by atoms with Gasteiger partial charge in [-0.25, -0.2) is 0 Å². The normalized spacial score (nSPS) is 24.4. The molecule has 0 radical (unpaired) electrons. The number of furan rings is 1. The van der Waals surface area contributed by atoms with Crippen molar-refractivity contribution in [3.05, 3.63) is 42.2 Å². The fourth-order valence-electron chi connectivity index (χ4n) is 3.74. The monoisotopic (exact) mass is 362 g/mol. The first kappa shape index (κ1) is 17.8. The zero-order valence-corrected chi connectivity index (χ0v) is 15.1. The Balaban J connectivity index is 0.00000182. The van der Waals surface area contributed by atoms with Crippen molar-refractivity contribution in [2.24, 2.45) is 5.92 Å². The molecule has 3 aliphatic heterocycles. The fourth-order valence-corrected chi connectivity index (χ4v) is 3.74. The zero-order chi connectivity index (χ0) is 16.5. The Morgan fingerprint density at radius 3 is 2.48 bits per heavy atom. The Labute approximate surface area is 153 Å². The lowest BCUT2D eigenvalue weighted by Gasteiger charge is -2.44. The van der Waals surface area contributed by atoms with Gasteiger partial charge in [0.2, 0.25) is 0 Å². The van der Waals surface area contributed by atoms with Gasteiger partial charge in [-0.15, -0.1) is 12.4 Å². The summed E-state index contributed by atoms with van der Waals surface area (Å²) < 4.78 is 10.9. The second-order valence-electron chi connectivity index (χ2n) is 6.61. The van der Waals surface area contributed by atoms with E-state index in [4.69, 9.17) is 9.15 Å². The first-order valence-electron chi connectivity index (χ1n) is 8.50. The maximum absolute atomic E-state index is 12.5. The molecule has 25 heavy (non-hydrogen) atoms. The number of halogens is 1. The predicted octanol–water partition coefficient (Wildman–Crippen LogP) is 3.20. The van der Waals surface area contributed by atoms with Crippen LogP contribution in [0.3, 0.4) is 0 Å². The number of rotatable bonds is 4. The van der Waals surface area contributed by atoms with Gasteiger partial charge in [0.15, 0.2) is 5.76 Å². The highest BCUT2D eigenvalue weighted by molar-refractivity contribution is 5.92. The molecule has 6 heteroatoms. The van der Waals surface area contributed by atoms with Gasteiger partial charge in [-0.05, 0) is 68.2 Å². The number of carbonyl (C=O) groups excluding carboxylic acids is 1. The average Bonchev–Trinajstić information content (AvgIpc) is 3.13. The van der Waals surface area contributed by atoms with Crippen LogP contribution in [0.1, 0.15) is 23.4 Å². The minimum Gasteiger partial charge on any atom is -0.497 e. The zero-order valence-electron chi connectivity index (χ0n) is 14.2. The number of amides is 1. The Morgan fingerprint density at radius 1 is 1.16 bits per heavy atom. The SMILES string of the molecule is COc1ccc(-c2ccc(C(=O)N[C@H]3CN4CCC3CC4)o2)cc1.Cl. The molecule has 1 aromatic heterocycles. The van der Waals surface area contributed by atoms with E-state index in [1.165, 1.54) is 25.9 Å². The van der Waals surface area contributed by atoms with E-state index in [2.05, 4.69) is 10.2 Å². The standard InChI is InChI=1S/C19H22N2O3.ClH/c1-23-15-4-2-14(3-5-15)17-6-7-18(24-17)19(22)20-16-12-21-10-8-13(16)9-11-21;/h2-7,13,16H,8-12H2,1H3,(H,20,22);1H/t16-;/m0./s1. The van der Waals surface area contributed by atoms with Crippen molar-refractivity contribution in [1.29, 1.82) is 0 Å². The van der Waals surface area contributed by atoms with E-state index >= 15 is 0 Å². The Morgan fingerprint density at radius 2 is 1.88 bits per heavy atom. The molecular formula is C19H23ClN2O3. The van der Waals surface area contributed by atoms with Crippen molar-refractivity contribution in [2.75, 3.05) is 26.7 Å². The first-order valence-corrected chi connectivity index (χ1v) is 8.50. The molecule has 3 aliphatic rings. The fraction of sp³-hybridized carbons (Fsp3) is 0.421. The van der Waals surface area contributed by atoms with Crippen LogP contribution in [-0.2, 0) is 0 Å². The van der Waals surface area contributed by atoms with Crippen LogP contribution in [0.2, 0.25) is 0 Å². The summed E-state index contributed by atoms with van der Waals surface area (Å²) in [5.41, 5.74) is 0.928. The number of ether oxygens (including phenoxy) is 1. The number of hydrogen-bond donors (Lipinski definition) is 1. The van der Waals surface area contributed by atoms with E-state index in [9.17, 15) is 4.79 Å². The first-order chi connectivity index (χ1) is 11.7. The Kier molecular flexibility index (Phi) is 5.35. The molecule has 1 N–H and O–H groups in total. The highest BCUT2D eigenvalue weighted by Crippen LogP contribution is 2.28. The largest absolute Gasteiger partial charge is 0.497 e. The Hall–Kier alpha value is -1.98. The van der Waals surface area contributed by atoms with E-state index in [0.29, 0.717) is 17.4 Å². The molecule has 1 aromatic carbocycles. The van der Waals surface area contributed by atoms with E-state index < -0.39 is 0 Å². The van der Waals surface area contributed by atoms with Crippen LogP contribution in [0.4, 0.5) is 0 Å². The van der Waals surface area contributed by atoms with E-state index in [1.54, 1.807) is 13.2 Å². The summed E-state index contributed by atoms with van der Waals surface area (Å²) >= 11 is 0. The third kappa shape index (κ3) is 3.67. The van der Waals surface area contributed by atoms with E-state index in [1.807, 2.05) is 30.3 Å². The average molecular weight is 363 g/mol. The molecule has 1 atom stereocenters. The third-order valence-electron chi connectivity index (χ3n) is 5.18. The second kappa shape index (κ2) is 7.50. The van der Waals surface area contributed by atoms with Gasteiger partial charge in [0.05, 0.1) is 7.11 Å². The van der Waals surface area contributed by atoms with Crippen LogP contribution in [0.25, 0.3) is 11.3 Å². The highest BCUT2D eigenvalue weighted by Gasteiger charge is 2.35. The molecule has 3 fully saturated rings. The molecule has 134 valence electrons. The number of hydrogen-bond acceptors (Lipinski definition) is 4.